The topological polar surface area (TPSA) is 86.4 Å². The predicted octanol–water partition coefficient (Wildman–Crippen LogP) is 4.52. The van der Waals surface area contributed by atoms with E-state index < -0.39 is 0 Å². The highest BCUT2D eigenvalue weighted by molar-refractivity contribution is 5.88. The number of nitrogens with one attached hydrogen (secondary N) is 3. The molecule has 3 aromatic carbocycles. The number of fused-ring (bicyclic) bond motifs is 1. The highest BCUT2D eigenvalue weighted by Crippen LogP contribution is 2.28. The number of aromatic nitrogens is 1. The maximum Gasteiger partial charge on any atom is 0.243 e. The summed E-state index contributed by atoms with van der Waals surface area (Å²) in [7, 11) is 0. The molecule has 4 aromatic rings. The molecule has 0 fully saturated rings. The van der Waals surface area contributed by atoms with Crippen LogP contribution in [-0.4, -0.2) is 22.6 Å². The third kappa shape index (κ3) is 6.22. The number of hydroxylamine groups is 1. The number of H-pyrrole nitrogens is 1. The Kier molecular flexibility index (Phi) is 7.74. The fourth-order valence-electron chi connectivity index (χ4n) is 3.84. The van der Waals surface area contributed by atoms with Gasteiger partial charge in [-0.3, -0.25) is 10.0 Å². The van der Waals surface area contributed by atoms with E-state index in [1.807, 2.05) is 42.5 Å². The van der Waals surface area contributed by atoms with Crippen LogP contribution in [0.25, 0.3) is 10.9 Å². The van der Waals surface area contributed by atoms with Gasteiger partial charge in [0.2, 0.25) is 5.91 Å². The van der Waals surface area contributed by atoms with E-state index in [0.29, 0.717) is 13.0 Å². The lowest BCUT2D eigenvalue weighted by molar-refractivity contribution is -0.129. The van der Waals surface area contributed by atoms with E-state index in [-0.39, 0.29) is 12.3 Å². The van der Waals surface area contributed by atoms with Crippen LogP contribution in [0.2, 0.25) is 0 Å². The van der Waals surface area contributed by atoms with Gasteiger partial charge in [-0.1, -0.05) is 66.7 Å². The van der Waals surface area contributed by atoms with E-state index >= 15 is 0 Å². The number of para-hydroxylation sites is 1. The smallest absolute Gasteiger partial charge is 0.243 e. The fourth-order valence-corrected chi connectivity index (χ4v) is 3.84. The van der Waals surface area contributed by atoms with Gasteiger partial charge in [0.05, 0.1) is 5.52 Å². The number of hydrogen-bond acceptors (Lipinski definition) is 4. The Morgan fingerprint density at radius 3 is 2.45 bits per heavy atom. The largest absolute Gasteiger partial charge is 0.487 e. The molecule has 0 radical (unpaired) electrons. The van der Waals surface area contributed by atoms with Crippen molar-refractivity contribution in [2.24, 2.45) is 0 Å². The van der Waals surface area contributed by atoms with Gasteiger partial charge in [-0.15, -0.1) is 0 Å². The molecule has 33 heavy (non-hydrogen) atoms. The van der Waals surface area contributed by atoms with Crippen LogP contribution in [0.1, 0.15) is 28.7 Å². The molecule has 4 rings (SSSR count). The van der Waals surface area contributed by atoms with Gasteiger partial charge in [-0.25, -0.2) is 5.48 Å². The minimum atomic E-state index is -0.368. The summed E-state index contributed by atoms with van der Waals surface area (Å²) in [5.74, 6) is 0.500. The van der Waals surface area contributed by atoms with E-state index in [1.165, 1.54) is 16.5 Å². The second-order valence-corrected chi connectivity index (χ2v) is 8.05. The summed E-state index contributed by atoms with van der Waals surface area (Å²) >= 11 is 0. The normalized spacial score (nSPS) is 10.9. The van der Waals surface area contributed by atoms with Crippen molar-refractivity contribution in [1.82, 2.24) is 15.8 Å². The first-order valence-electron chi connectivity index (χ1n) is 11.2. The van der Waals surface area contributed by atoms with E-state index in [1.54, 1.807) is 5.48 Å². The molecule has 1 aromatic heterocycles. The molecule has 0 saturated carbocycles. The predicted molar refractivity (Wildman–Crippen MR) is 129 cm³/mol. The van der Waals surface area contributed by atoms with Gasteiger partial charge in [0, 0.05) is 24.5 Å². The lowest BCUT2D eigenvalue weighted by atomic mass is 10.1. The van der Waals surface area contributed by atoms with Crippen LogP contribution in [0.5, 0.6) is 5.75 Å². The quantitative estimate of drug-likeness (QED) is 0.156. The molecule has 0 bridgehead atoms. The first-order valence-corrected chi connectivity index (χ1v) is 11.2. The Bertz CT molecular complexity index is 1170. The summed E-state index contributed by atoms with van der Waals surface area (Å²) in [6.45, 7) is 2.19. The van der Waals surface area contributed by atoms with Crippen molar-refractivity contribution in [3.63, 3.8) is 0 Å². The Hall–Kier alpha value is -3.61. The summed E-state index contributed by atoms with van der Waals surface area (Å²) in [6.07, 6.45) is 3.87. The van der Waals surface area contributed by atoms with Gasteiger partial charge in [0.15, 0.2) is 0 Å². The van der Waals surface area contributed by atoms with Crippen molar-refractivity contribution in [3.8, 4) is 5.75 Å². The van der Waals surface area contributed by atoms with E-state index in [9.17, 15) is 4.79 Å². The van der Waals surface area contributed by atoms with Gasteiger partial charge >= 0.3 is 0 Å². The molecule has 1 heterocycles. The maximum atomic E-state index is 11.1. The maximum absolute atomic E-state index is 11.1. The van der Waals surface area contributed by atoms with Gasteiger partial charge in [-0.05, 0) is 47.7 Å². The van der Waals surface area contributed by atoms with Crippen molar-refractivity contribution in [3.05, 3.63) is 101 Å². The minimum absolute atomic E-state index is 0.276. The summed E-state index contributed by atoms with van der Waals surface area (Å²) in [4.78, 5) is 14.5. The number of rotatable bonds is 11. The molecule has 0 saturated heterocycles. The molecule has 4 N–H and O–H groups in total. The third-order valence-electron chi connectivity index (χ3n) is 5.69. The number of hydrogen-bond donors (Lipinski definition) is 4. The molecule has 0 spiro atoms. The van der Waals surface area contributed by atoms with Crippen LogP contribution < -0.4 is 15.5 Å². The summed E-state index contributed by atoms with van der Waals surface area (Å²) in [5.41, 5.74) is 7.38. The molecule has 0 atom stereocenters. The van der Waals surface area contributed by atoms with Crippen LogP contribution >= 0.6 is 0 Å². The number of aromatic amines is 1. The molecule has 170 valence electrons. The van der Waals surface area contributed by atoms with Crippen LogP contribution in [0.3, 0.4) is 0 Å². The number of ether oxygens (including phenoxy) is 1. The van der Waals surface area contributed by atoms with Crippen LogP contribution in [0, 0.1) is 0 Å². The number of aryl methyl sites for hydroxylation is 1. The van der Waals surface area contributed by atoms with E-state index in [2.05, 4.69) is 46.8 Å². The Labute approximate surface area is 193 Å². The standard InChI is InChI=1S/C27H29N3O3/c31-26(30-32)14-13-20-9-11-21(12-10-20)17-28-16-15-23-18-29-27-24(23)7-4-8-25(27)33-19-22-5-2-1-3-6-22/h1-12,18,28-29,32H,13-17,19H2,(H,30,31). The minimum Gasteiger partial charge on any atom is -0.487 e. The van der Waals surface area contributed by atoms with E-state index in [4.69, 9.17) is 9.94 Å². The van der Waals surface area contributed by atoms with Crippen molar-refractivity contribution >= 4 is 16.8 Å². The van der Waals surface area contributed by atoms with Crippen molar-refractivity contribution < 1.29 is 14.7 Å². The van der Waals surface area contributed by atoms with Gasteiger partial charge in [-0.2, -0.15) is 0 Å². The fraction of sp³-hybridized carbons (Fsp3) is 0.222. The monoisotopic (exact) mass is 443 g/mol. The summed E-state index contributed by atoms with van der Waals surface area (Å²) in [6, 6.07) is 24.5. The second kappa shape index (κ2) is 11.3. The zero-order valence-corrected chi connectivity index (χ0v) is 18.5. The summed E-state index contributed by atoms with van der Waals surface area (Å²) in [5, 5.41) is 13.3. The highest BCUT2D eigenvalue weighted by atomic mass is 16.5. The number of benzene rings is 3. The molecule has 0 aliphatic heterocycles. The van der Waals surface area contributed by atoms with Crippen molar-refractivity contribution in [1.29, 1.82) is 0 Å². The zero-order chi connectivity index (χ0) is 22.9. The molecular weight excluding hydrogens is 414 g/mol. The van der Waals surface area contributed by atoms with Crippen LogP contribution in [0.15, 0.2) is 79.0 Å². The van der Waals surface area contributed by atoms with Crippen LogP contribution in [0.4, 0.5) is 0 Å². The zero-order valence-electron chi connectivity index (χ0n) is 18.5. The molecule has 6 nitrogen and oxygen atoms in total. The highest BCUT2D eigenvalue weighted by Gasteiger charge is 2.09. The third-order valence-corrected chi connectivity index (χ3v) is 5.69. The first-order chi connectivity index (χ1) is 16.2. The lowest BCUT2D eigenvalue weighted by Crippen LogP contribution is -2.18. The molecule has 0 unspecified atom stereocenters. The first kappa shape index (κ1) is 22.6. The van der Waals surface area contributed by atoms with Gasteiger partial charge in [0.25, 0.3) is 0 Å². The average Bonchev–Trinajstić information content (AvgIpc) is 3.29. The SMILES string of the molecule is O=C(CCc1ccc(CNCCc2c[nH]c3c(OCc4ccccc4)cccc23)cc1)NO. The van der Waals surface area contributed by atoms with Gasteiger partial charge < -0.3 is 15.0 Å². The molecule has 1 amide bonds. The number of amides is 1. The van der Waals surface area contributed by atoms with Crippen molar-refractivity contribution in [2.45, 2.75) is 32.4 Å². The Balaban J connectivity index is 1.27. The number of carbonyl (C=O) groups is 1. The molecule has 6 heteroatoms. The summed E-state index contributed by atoms with van der Waals surface area (Å²) < 4.78 is 6.07. The Morgan fingerprint density at radius 1 is 0.879 bits per heavy atom. The average molecular weight is 444 g/mol. The number of carbonyl (C=O) groups excluding carboxylic acids is 1. The second-order valence-electron chi connectivity index (χ2n) is 8.05. The van der Waals surface area contributed by atoms with E-state index in [0.717, 1.165) is 41.9 Å². The van der Waals surface area contributed by atoms with Crippen LogP contribution in [-0.2, 0) is 30.8 Å². The molecular formula is C27H29N3O3. The molecule has 0 aliphatic carbocycles. The molecule has 0 aliphatic rings. The van der Waals surface area contributed by atoms with Crippen molar-refractivity contribution in [2.75, 3.05) is 6.54 Å². The van der Waals surface area contributed by atoms with Gasteiger partial charge in [0.1, 0.15) is 12.4 Å². The lowest BCUT2D eigenvalue weighted by Gasteiger charge is -2.08. The Morgan fingerprint density at radius 2 is 1.67 bits per heavy atom.